The van der Waals surface area contributed by atoms with Gasteiger partial charge in [0.05, 0.1) is 32.4 Å². The van der Waals surface area contributed by atoms with Gasteiger partial charge in [0.1, 0.15) is 12.0 Å². The fourth-order valence-corrected chi connectivity index (χ4v) is 4.88. The highest BCUT2D eigenvalue weighted by molar-refractivity contribution is 6.05. The van der Waals surface area contributed by atoms with E-state index < -0.39 is 0 Å². The molecule has 1 aromatic heterocycles. The zero-order valence-electron chi connectivity index (χ0n) is 18.9. The normalized spacial score (nSPS) is 15.9. The summed E-state index contributed by atoms with van der Waals surface area (Å²) in [6.07, 6.45) is 3.36. The van der Waals surface area contributed by atoms with Crippen LogP contribution in [-0.2, 0) is 7.05 Å². The lowest BCUT2D eigenvalue weighted by atomic mass is 9.88. The van der Waals surface area contributed by atoms with Crippen molar-refractivity contribution in [3.05, 3.63) is 54.5 Å². The Balaban J connectivity index is 1.64. The first-order valence-corrected chi connectivity index (χ1v) is 10.7. The molecule has 3 aromatic carbocycles. The van der Waals surface area contributed by atoms with Crippen molar-refractivity contribution in [2.75, 3.05) is 38.3 Å². The van der Waals surface area contributed by atoms with E-state index in [1.54, 1.807) is 20.5 Å². The van der Waals surface area contributed by atoms with Gasteiger partial charge in [0.15, 0.2) is 23.0 Å². The van der Waals surface area contributed by atoms with Gasteiger partial charge < -0.3 is 33.7 Å². The van der Waals surface area contributed by atoms with E-state index in [0.29, 0.717) is 11.5 Å². The first-order chi connectivity index (χ1) is 16.1. The molecule has 6 rings (SSSR count). The smallest absolute Gasteiger partial charge is 0.231 e. The van der Waals surface area contributed by atoms with E-state index in [0.717, 1.165) is 50.5 Å². The van der Waals surface area contributed by atoms with Gasteiger partial charge in [0.2, 0.25) is 6.79 Å². The van der Waals surface area contributed by atoms with Crippen LogP contribution in [0.5, 0.6) is 23.0 Å². The maximum atomic E-state index is 5.88. The number of ether oxygens (including phenoxy) is 4. The van der Waals surface area contributed by atoms with Gasteiger partial charge in [-0.1, -0.05) is 12.1 Å². The third-order valence-electron chi connectivity index (χ3n) is 6.47. The Hall–Kier alpha value is -4.07. The largest absolute Gasteiger partial charge is 0.493 e. The number of anilines is 2. The maximum absolute atomic E-state index is 5.88. The lowest BCUT2D eigenvalue weighted by Crippen LogP contribution is -2.34. The number of hydrogen-bond acceptors (Lipinski definition) is 7. The summed E-state index contributed by atoms with van der Waals surface area (Å²) < 4.78 is 24.8. The molecule has 2 aliphatic rings. The summed E-state index contributed by atoms with van der Waals surface area (Å²) in [4.78, 5) is 6.51. The van der Waals surface area contributed by atoms with Crippen molar-refractivity contribution in [2.45, 2.75) is 6.17 Å². The Kier molecular flexibility index (Phi) is 4.29. The molecule has 33 heavy (non-hydrogen) atoms. The number of nitrogens with one attached hydrogen (secondary N) is 1. The van der Waals surface area contributed by atoms with Crippen molar-refractivity contribution in [3.63, 3.8) is 0 Å². The molecule has 0 saturated carbocycles. The Labute approximate surface area is 191 Å². The monoisotopic (exact) mass is 444 g/mol. The van der Waals surface area contributed by atoms with Gasteiger partial charge in [0, 0.05) is 30.6 Å². The summed E-state index contributed by atoms with van der Waals surface area (Å²) >= 11 is 0. The third-order valence-corrected chi connectivity index (χ3v) is 6.47. The number of benzene rings is 3. The number of fused-ring (bicyclic) bond motifs is 6. The number of aromatic nitrogens is 2. The number of imidazole rings is 1. The average molecular weight is 444 g/mol. The molecule has 1 N–H and O–H groups in total. The molecule has 0 radical (unpaired) electrons. The first-order valence-electron chi connectivity index (χ1n) is 10.7. The van der Waals surface area contributed by atoms with Gasteiger partial charge >= 0.3 is 0 Å². The Bertz CT molecular complexity index is 1400. The van der Waals surface area contributed by atoms with Gasteiger partial charge in [-0.3, -0.25) is 0 Å². The summed E-state index contributed by atoms with van der Waals surface area (Å²) in [5, 5.41) is 5.84. The van der Waals surface area contributed by atoms with Crippen molar-refractivity contribution in [1.82, 2.24) is 9.55 Å². The van der Waals surface area contributed by atoms with Gasteiger partial charge in [-0.25, -0.2) is 4.98 Å². The molecule has 0 aliphatic carbocycles. The maximum Gasteiger partial charge on any atom is 0.231 e. The van der Waals surface area contributed by atoms with Crippen LogP contribution in [0.15, 0.2) is 48.9 Å². The minimum Gasteiger partial charge on any atom is -0.493 e. The van der Waals surface area contributed by atoms with Crippen molar-refractivity contribution < 1.29 is 18.9 Å². The number of hydrogen-bond donors (Lipinski definition) is 1. The number of aryl methyl sites for hydroxylation is 1. The average Bonchev–Trinajstić information content (AvgIpc) is 3.46. The van der Waals surface area contributed by atoms with Crippen LogP contribution >= 0.6 is 0 Å². The van der Waals surface area contributed by atoms with Gasteiger partial charge in [-0.2, -0.15) is 0 Å². The molecule has 3 heterocycles. The van der Waals surface area contributed by atoms with Crippen molar-refractivity contribution in [1.29, 1.82) is 0 Å². The van der Waals surface area contributed by atoms with Crippen molar-refractivity contribution >= 4 is 22.3 Å². The van der Waals surface area contributed by atoms with Gasteiger partial charge in [0.25, 0.3) is 0 Å². The van der Waals surface area contributed by atoms with Crippen LogP contribution in [-0.4, -0.2) is 37.6 Å². The van der Waals surface area contributed by atoms with Gasteiger partial charge in [-0.05, 0) is 35.2 Å². The molecule has 0 saturated heterocycles. The predicted octanol–water partition coefficient (Wildman–Crippen LogP) is 4.55. The minimum atomic E-state index is -0.232. The van der Waals surface area contributed by atoms with Crippen molar-refractivity contribution in [2.24, 2.45) is 7.05 Å². The molecule has 0 amide bonds. The predicted molar refractivity (Wildman–Crippen MR) is 127 cm³/mol. The van der Waals surface area contributed by atoms with E-state index in [1.807, 2.05) is 29.9 Å². The molecular formula is C25H24N4O4. The second kappa shape index (κ2) is 7.23. The van der Waals surface area contributed by atoms with Crippen LogP contribution in [0.3, 0.4) is 0 Å². The van der Waals surface area contributed by atoms with Crippen LogP contribution in [0.1, 0.15) is 11.7 Å². The Morgan fingerprint density at radius 1 is 1.00 bits per heavy atom. The van der Waals surface area contributed by atoms with E-state index in [2.05, 4.69) is 46.5 Å². The summed E-state index contributed by atoms with van der Waals surface area (Å²) in [5.74, 6) is 3.83. The van der Waals surface area contributed by atoms with E-state index in [-0.39, 0.29) is 13.0 Å². The number of nitrogens with zero attached hydrogens (tertiary/aromatic N) is 3. The van der Waals surface area contributed by atoms with Crippen LogP contribution in [0.25, 0.3) is 21.9 Å². The number of methoxy groups -OCH3 is 2. The molecule has 2 aliphatic heterocycles. The zero-order chi connectivity index (χ0) is 22.7. The standard InChI is InChI=1S/C25H24N4O4/c1-28-12-26-11-21(28)27-25-22-15(7-8-18(30-3)24(22)31-4)16-6-5-14-9-19-20(33-13-32-19)10-17(14)23(16)29(25)2/h5-12,25,27H,13H2,1-4H3. The fraction of sp³-hybridized carbons (Fsp3) is 0.240. The highest BCUT2D eigenvalue weighted by atomic mass is 16.7. The second-order valence-electron chi connectivity index (χ2n) is 8.20. The van der Waals surface area contributed by atoms with E-state index in [4.69, 9.17) is 18.9 Å². The Morgan fingerprint density at radius 3 is 2.52 bits per heavy atom. The molecule has 0 bridgehead atoms. The summed E-state index contributed by atoms with van der Waals surface area (Å²) in [7, 11) is 7.38. The summed E-state index contributed by atoms with van der Waals surface area (Å²) in [5.41, 5.74) is 4.31. The summed E-state index contributed by atoms with van der Waals surface area (Å²) in [6.45, 7) is 0.244. The molecule has 1 atom stereocenters. The minimum absolute atomic E-state index is 0.232. The number of rotatable bonds is 4. The van der Waals surface area contributed by atoms with Crippen LogP contribution < -0.4 is 29.2 Å². The highest BCUT2D eigenvalue weighted by Gasteiger charge is 2.35. The summed E-state index contributed by atoms with van der Waals surface area (Å²) in [6, 6.07) is 12.4. The van der Waals surface area contributed by atoms with E-state index >= 15 is 0 Å². The first kappa shape index (κ1) is 19.6. The lowest BCUT2D eigenvalue weighted by molar-refractivity contribution is 0.174. The van der Waals surface area contributed by atoms with Gasteiger partial charge in [-0.15, -0.1) is 0 Å². The quantitative estimate of drug-likeness (QED) is 0.495. The molecule has 0 spiro atoms. The van der Waals surface area contributed by atoms with E-state index in [1.165, 1.54) is 0 Å². The molecule has 0 fully saturated rings. The van der Waals surface area contributed by atoms with Crippen LogP contribution in [0, 0.1) is 0 Å². The second-order valence-corrected chi connectivity index (χ2v) is 8.20. The fourth-order valence-electron chi connectivity index (χ4n) is 4.88. The Morgan fingerprint density at radius 2 is 1.79 bits per heavy atom. The molecule has 8 nitrogen and oxygen atoms in total. The SMILES string of the molecule is COc1ccc2c(c1OC)C(Nc1cncn1C)N(C)c1c-2ccc2cc3c(cc12)OCO3. The molecule has 1 unspecified atom stereocenters. The highest BCUT2D eigenvalue weighted by Crippen LogP contribution is 2.53. The molecule has 4 aromatic rings. The lowest BCUT2D eigenvalue weighted by Gasteiger charge is -2.40. The third kappa shape index (κ3) is 2.80. The topological polar surface area (TPSA) is 70.0 Å². The van der Waals surface area contributed by atoms with Crippen molar-refractivity contribution in [3.8, 4) is 34.1 Å². The van der Waals surface area contributed by atoms with Crippen LogP contribution in [0.2, 0.25) is 0 Å². The van der Waals surface area contributed by atoms with E-state index in [9.17, 15) is 0 Å². The molecule has 168 valence electrons. The molecular weight excluding hydrogens is 420 g/mol. The van der Waals surface area contributed by atoms with Crippen LogP contribution in [0.4, 0.5) is 11.5 Å². The molecule has 8 heteroatoms. The zero-order valence-corrected chi connectivity index (χ0v) is 18.9.